The molecule has 1 aliphatic heterocycles. The number of benzene rings is 1. The Hall–Kier alpha value is -2.76. The van der Waals surface area contributed by atoms with Gasteiger partial charge in [-0.05, 0) is 37.1 Å². The highest BCUT2D eigenvalue weighted by molar-refractivity contribution is 5.94. The monoisotopic (exact) mass is 367 g/mol. The van der Waals surface area contributed by atoms with E-state index in [-0.39, 0.29) is 11.9 Å². The number of nitrogens with one attached hydrogen (secondary N) is 2. The topological polar surface area (TPSA) is 72.5 Å². The summed E-state index contributed by atoms with van der Waals surface area (Å²) in [5.74, 6) is 2.12. The number of hydrogen-bond donors (Lipinski definition) is 2. The van der Waals surface area contributed by atoms with Gasteiger partial charge in [-0.15, -0.1) is 0 Å². The molecule has 4 rings (SSSR count). The van der Waals surface area contributed by atoms with Gasteiger partial charge in [-0.1, -0.05) is 25.7 Å². The van der Waals surface area contributed by atoms with Crippen molar-refractivity contribution < 1.29 is 14.3 Å². The molecule has 6 heteroatoms. The lowest BCUT2D eigenvalue weighted by Gasteiger charge is -2.19. The van der Waals surface area contributed by atoms with Crippen molar-refractivity contribution in [3.8, 4) is 11.5 Å². The van der Waals surface area contributed by atoms with Crippen LogP contribution >= 0.6 is 0 Å². The second-order valence-corrected chi connectivity index (χ2v) is 7.08. The zero-order valence-electron chi connectivity index (χ0n) is 15.4. The van der Waals surface area contributed by atoms with Gasteiger partial charge in [0, 0.05) is 24.0 Å². The summed E-state index contributed by atoms with van der Waals surface area (Å²) in [6, 6.07) is 9.60. The van der Waals surface area contributed by atoms with Gasteiger partial charge >= 0.3 is 0 Å². The maximum atomic E-state index is 12.5. The van der Waals surface area contributed by atoms with Gasteiger partial charge in [0.1, 0.15) is 19.0 Å². The summed E-state index contributed by atoms with van der Waals surface area (Å²) in [6.07, 6.45) is 8.70. The average Bonchev–Trinajstić information content (AvgIpc) is 2.97. The standard InChI is InChI=1S/C21H25N3O3/c25-21(24-16-5-3-1-2-4-6-16)15-7-10-20(22-14-15)23-17-8-9-18-19(13-17)27-12-11-26-18/h7-10,13-14,16H,1-6,11-12H2,(H,22,23)(H,24,25). The largest absolute Gasteiger partial charge is 0.486 e. The molecule has 0 unspecified atom stereocenters. The van der Waals surface area contributed by atoms with E-state index in [1.54, 1.807) is 12.3 Å². The van der Waals surface area contributed by atoms with Crippen LogP contribution in [0.2, 0.25) is 0 Å². The lowest BCUT2D eigenvalue weighted by molar-refractivity contribution is 0.0933. The van der Waals surface area contributed by atoms with E-state index in [4.69, 9.17) is 9.47 Å². The zero-order chi connectivity index (χ0) is 18.5. The Labute approximate surface area is 159 Å². The maximum Gasteiger partial charge on any atom is 0.253 e. The smallest absolute Gasteiger partial charge is 0.253 e. The van der Waals surface area contributed by atoms with Gasteiger partial charge in [0.25, 0.3) is 5.91 Å². The van der Waals surface area contributed by atoms with Crippen LogP contribution in [-0.4, -0.2) is 30.1 Å². The average molecular weight is 367 g/mol. The van der Waals surface area contributed by atoms with Crippen LogP contribution in [0.4, 0.5) is 11.5 Å². The number of pyridine rings is 1. The van der Waals surface area contributed by atoms with Crippen molar-refractivity contribution in [3.05, 3.63) is 42.1 Å². The minimum absolute atomic E-state index is 0.0414. The predicted octanol–water partition coefficient (Wildman–Crippen LogP) is 4.05. The van der Waals surface area contributed by atoms with Gasteiger partial charge in [0.2, 0.25) is 0 Å². The van der Waals surface area contributed by atoms with E-state index in [9.17, 15) is 4.79 Å². The van der Waals surface area contributed by atoms with Crippen LogP contribution < -0.4 is 20.1 Å². The van der Waals surface area contributed by atoms with Gasteiger partial charge in [0.05, 0.1) is 5.56 Å². The number of aromatic nitrogens is 1. The molecule has 2 aliphatic rings. The van der Waals surface area contributed by atoms with E-state index < -0.39 is 0 Å². The van der Waals surface area contributed by atoms with E-state index in [2.05, 4.69) is 15.6 Å². The Morgan fingerprint density at radius 2 is 1.74 bits per heavy atom. The number of hydrogen-bond acceptors (Lipinski definition) is 5. The lowest BCUT2D eigenvalue weighted by Crippen LogP contribution is -2.34. The van der Waals surface area contributed by atoms with Crippen LogP contribution in [-0.2, 0) is 0 Å². The molecule has 2 aromatic rings. The molecule has 1 aliphatic carbocycles. The minimum atomic E-state index is -0.0414. The van der Waals surface area contributed by atoms with Gasteiger partial charge < -0.3 is 20.1 Å². The van der Waals surface area contributed by atoms with Crippen molar-refractivity contribution in [2.24, 2.45) is 0 Å². The number of rotatable bonds is 4. The molecule has 0 atom stereocenters. The third-order valence-electron chi connectivity index (χ3n) is 5.03. The van der Waals surface area contributed by atoms with Gasteiger partial charge in [0.15, 0.2) is 11.5 Å². The lowest BCUT2D eigenvalue weighted by atomic mass is 10.1. The maximum absolute atomic E-state index is 12.5. The molecule has 0 saturated heterocycles. The van der Waals surface area contributed by atoms with Gasteiger partial charge in [-0.2, -0.15) is 0 Å². The predicted molar refractivity (Wildman–Crippen MR) is 104 cm³/mol. The van der Waals surface area contributed by atoms with E-state index in [0.717, 1.165) is 30.0 Å². The summed E-state index contributed by atoms with van der Waals surface area (Å²) in [7, 11) is 0. The van der Waals surface area contributed by atoms with E-state index in [1.807, 2.05) is 24.3 Å². The van der Waals surface area contributed by atoms with Crippen molar-refractivity contribution in [1.29, 1.82) is 0 Å². The second-order valence-electron chi connectivity index (χ2n) is 7.08. The number of anilines is 2. The fourth-order valence-corrected chi connectivity index (χ4v) is 3.56. The fraction of sp³-hybridized carbons (Fsp3) is 0.429. The number of carbonyl (C=O) groups excluding carboxylic acids is 1. The molecule has 0 bridgehead atoms. The molecule has 6 nitrogen and oxygen atoms in total. The number of nitrogens with zero attached hydrogens (tertiary/aromatic N) is 1. The van der Waals surface area contributed by atoms with Crippen LogP contribution in [0.25, 0.3) is 0 Å². The molecule has 1 aromatic heterocycles. The van der Waals surface area contributed by atoms with Crippen LogP contribution in [0.15, 0.2) is 36.5 Å². The Balaban J connectivity index is 1.37. The first-order chi connectivity index (χ1) is 13.3. The highest BCUT2D eigenvalue weighted by atomic mass is 16.6. The number of fused-ring (bicyclic) bond motifs is 1. The molecular formula is C21H25N3O3. The molecule has 1 aromatic carbocycles. The molecule has 2 N–H and O–H groups in total. The first-order valence-corrected chi connectivity index (χ1v) is 9.71. The Bertz CT molecular complexity index is 784. The SMILES string of the molecule is O=C(NC1CCCCCC1)c1ccc(Nc2ccc3c(c2)OCCO3)nc1. The summed E-state index contributed by atoms with van der Waals surface area (Å²) in [5, 5.41) is 6.38. The number of ether oxygens (including phenoxy) is 2. The van der Waals surface area contributed by atoms with Gasteiger partial charge in [-0.3, -0.25) is 4.79 Å². The highest BCUT2D eigenvalue weighted by Gasteiger charge is 2.16. The number of carbonyl (C=O) groups is 1. The Morgan fingerprint density at radius 3 is 2.48 bits per heavy atom. The molecule has 1 amide bonds. The molecular weight excluding hydrogens is 342 g/mol. The van der Waals surface area contributed by atoms with Crippen molar-refractivity contribution in [2.75, 3.05) is 18.5 Å². The summed E-state index contributed by atoms with van der Waals surface area (Å²) < 4.78 is 11.1. The summed E-state index contributed by atoms with van der Waals surface area (Å²) in [4.78, 5) is 16.8. The van der Waals surface area contributed by atoms with Crippen LogP contribution in [0.5, 0.6) is 11.5 Å². The summed E-state index contributed by atoms with van der Waals surface area (Å²) in [5.41, 5.74) is 1.45. The van der Waals surface area contributed by atoms with E-state index in [0.29, 0.717) is 24.6 Å². The van der Waals surface area contributed by atoms with Crippen LogP contribution in [0, 0.1) is 0 Å². The normalized spacial score (nSPS) is 17.0. The molecule has 0 spiro atoms. The van der Waals surface area contributed by atoms with E-state index >= 15 is 0 Å². The summed E-state index contributed by atoms with van der Waals surface area (Å²) in [6.45, 7) is 1.13. The molecule has 0 radical (unpaired) electrons. The summed E-state index contributed by atoms with van der Waals surface area (Å²) >= 11 is 0. The minimum Gasteiger partial charge on any atom is -0.486 e. The quantitative estimate of drug-likeness (QED) is 0.798. The number of amides is 1. The highest BCUT2D eigenvalue weighted by Crippen LogP contribution is 2.33. The molecule has 142 valence electrons. The van der Waals surface area contributed by atoms with E-state index in [1.165, 1.54) is 25.7 Å². The zero-order valence-corrected chi connectivity index (χ0v) is 15.4. The van der Waals surface area contributed by atoms with Crippen LogP contribution in [0.1, 0.15) is 48.9 Å². The first-order valence-electron chi connectivity index (χ1n) is 9.71. The van der Waals surface area contributed by atoms with Crippen molar-refractivity contribution in [2.45, 2.75) is 44.6 Å². The molecule has 2 heterocycles. The van der Waals surface area contributed by atoms with Crippen molar-refractivity contribution in [3.63, 3.8) is 0 Å². The Kier molecular flexibility index (Phi) is 5.42. The third-order valence-corrected chi connectivity index (χ3v) is 5.03. The van der Waals surface area contributed by atoms with Crippen molar-refractivity contribution >= 4 is 17.4 Å². The molecule has 1 fully saturated rings. The van der Waals surface area contributed by atoms with Gasteiger partial charge in [-0.25, -0.2) is 4.98 Å². The first kappa shape index (κ1) is 17.6. The van der Waals surface area contributed by atoms with Crippen LogP contribution in [0.3, 0.4) is 0 Å². The molecule has 27 heavy (non-hydrogen) atoms. The molecule has 1 saturated carbocycles. The second kappa shape index (κ2) is 8.29. The Morgan fingerprint density at radius 1 is 0.963 bits per heavy atom. The fourth-order valence-electron chi connectivity index (χ4n) is 3.56. The van der Waals surface area contributed by atoms with Crippen molar-refractivity contribution in [1.82, 2.24) is 10.3 Å². The third kappa shape index (κ3) is 4.51.